The fourth-order valence-electron chi connectivity index (χ4n) is 2.41. The molecule has 0 spiro atoms. The molecular formula is C20H21N3O4S2. The number of hydrogen-bond acceptors (Lipinski definition) is 7. The van der Waals surface area contributed by atoms with E-state index in [2.05, 4.69) is 15.5 Å². The fraction of sp³-hybridized carbons (Fsp3) is 0.250. The Morgan fingerprint density at radius 2 is 1.76 bits per heavy atom. The summed E-state index contributed by atoms with van der Waals surface area (Å²) >= 11 is 1.31. The van der Waals surface area contributed by atoms with Crippen LogP contribution in [0.3, 0.4) is 0 Å². The van der Waals surface area contributed by atoms with Gasteiger partial charge in [-0.05, 0) is 80.8 Å². The van der Waals surface area contributed by atoms with Crippen molar-refractivity contribution in [2.45, 2.75) is 37.3 Å². The minimum Gasteiger partial charge on any atom is -0.379 e. The summed E-state index contributed by atoms with van der Waals surface area (Å²) in [6.45, 7) is 7.38. The van der Waals surface area contributed by atoms with Crippen LogP contribution in [-0.2, 0) is 14.9 Å². The number of carbonyl (C=O) groups excluding carboxylic acids is 1. The summed E-state index contributed by atoms with van der Waals surface area (Å²) < 4.78 is 29.5. The molecule has 3 rings (SSSR count). The normalized spacial score (nSPS) is 17.7. The lowest BCUT2D eigenvalue weighted by Crippen LogP contribution is -2.30. The molecule has 152 valence electrons. The summed E-state index contributed by atoms with van der Waals surface area (Å²) in [6, 6.07) is 11.3. The quantitative estimate of drug-likeness (QED) is 0.445. The molecule has 0 aliphatic carbocycles. The maximum absolute atomic E-state index is 12.4. The third kappa shape index (κ3) is 5.04. The van der Waals surface area contributed by atoms with Crippen LogP contribution in [0.5, 0.6) is 5.75 Å². The first-order chi connectivity index (χ1) is 13.6. The average molecular weight is 432 g/mol. The van der Waals surface area contributed by atoms with Gasteiger partial charge in [-0.25, -0.2) is 0 Å². The molecule has 0 atom stereocenters. The molecule has 1 heterocycles. The first-order valence-electron chi connectivity index (χ1n) is 8.80. The van der Waals surface area contributed by atoms with E-state index in [0.29, 0.717) is 10.7 Å². The van der Waals surface area contributed by atoms with E-state index in [9.17, 15) is 13.2 Å². The lowest BCUT2D eigenvalue weighted by atomic mass is 10.1. The Balaban J connectivity index is 1.67. The van der Waals surface area contributed by atoms with Gasteiger partial charge < -0.3 is 9.50 Å². The number of nitrogens with zero attached hydrogens (tertiary/aromatic N) is 2. The zero-order chi connectivity index (χ0) is 21.2. The molecule has 2 aromatic carbocycles. The number of hydrogen-bond donors (Lipinski definition) is 1. The van der Waals surface area contributed by atoms with Crippen LogP contribution in [0.2, 0.25) is 0 Å². The van der Waals surface area contributed by atoms with E-state index in [1.165, 1.54) is 24.0 Å². The van der Waals surface area contributed by atoms with Gasteiger partial charge in [-0.3, -0.25) is 4.79 Å². The van der Waals surface area contributed by atoms with Gasteiger partial charge in [0.1, 0.15) is 10.6 Å². The lowest BCUT2D eigenvalue weighted by molar-refractivity contribution is -0.120. The van der Waals surface area contributed by atoms with Crippen molar-refractivity contribution < 1.29 is 17.4 Å². The summed E-state index contributed by atoms with van der Waals surface area (Å²) in [7, 11) is -3.91. The number of amidine groups is 1. The Kier molecular flexibility index (Phi) is 5.81. The molecule has 2 aromatic rings. The van der Waals surface area contributed by atoms with Crippen molar-refractivity contribution in [3.8, 4) is 5.75 Å². The molecule has 7 nitrogen and oxygen atoms in total. The lowest BCUT2D eigenvalue weighted by Gasteiger charge is -2.09. The van der Waals surface area contributed by atoms with Crippen LogP contribution in [0.4, 0.5) is 0 Å². The van der Waals surface area contributed by atoms with Crippen LogP contribution in [-0.4, -0.2) is 30.5 Å². The molecule has 0 aromatic heterocycles. The Morgan fingerprint density at radius 3 is 2.34 bits per heavy atom. The highest BCUT2D eigenvalue weighted by molar-refractivity contribution is 8.16. The minimum absolute atomic E-state index is 0.108. The van der Waals surface area contributed by atoms with Crippen LogP contribution in [0.25, 0.3) is 0 Å². The molecule has 1 N–H and O–H groups in total. The zero-order valence-corrected chi connectivity index (χ0v) is 18.1. The maximum Gasteiger partial charge on any atom is 0.339 e. The number of carbonyl (C=O) groups is 1. The second-order valence-electron chi connectivity index (χ2n) is 7.07. The standard InChI is InChI=1S/C20H21N3O4S2/c1-13-5-10-17(11-14(13)2)29(25,26)27-16-8-6-15(7-9-16)12-21-23-19-22-18(24)20(3,4)28-19/h5-12H,1-4H3,(H,22,23,24)/b21-12-. The van der Waals surface area contributed by atoms with Crippen molar-refractivity contribution in [3.05, 3.63) is 59.2 Å². The molecule has 0 radical (unpaired) electrons. The summed E-state index contributed by atoms with van der Waals surface area (Å²) in [6.07, 6.45) is 1.51. The first kappa shape index (κ1) is 21.1. The van der Waals surface area contributed by atoms with Crippen LogP contribution >= 0.6 is 11.8 Å². The molecule has 0 bridgehead atoms. The molecular weight excluding hydrogens is 410 g/mol. The van der Waals surface area contributed by atoms with Gasteiger partial charge in [0.2, 0.25) is 5.91 Å². The van der Waals surface area contributed by atoms with Gasteiger partial charge in [0.25, 0.3) is 0 Å². The van der Waals surface area contributed by atoms with E-state index in [4.69, 9.17) is 4.18 Å². The van der Waals surface area contributed by atoms with Gasteiger partial charge in [-0.2, -0.15) is 13.5 Å². The highest BCUT2D eigenvalue weighted by Crippen LogP contribution is 2.30. The third-order valence-corrected chi connectivity index (χ3v) is 6.64. The summed E-state index contributed by atoms with van der Waals surface area (Å²) in [4.78, 5) is 11.8. The number of benzene rings is 2. The van der Waals surface area contributed by atoms with Crippen LogP contribution in [0.15, 0.2) is 57.6 Å². The van der Waals surface area contributed by atoms with Crippen molar-refractivity contribution >= 4 is 39.2 Å². The molecule has 0 saturated carbocycles. The van der Waals surface area contributed by atoms with Crippen LogP contribution in [0.1, 0.15) is 30.5 Å². The van der Waals surface area contributed by atoms with E-state index < -0.39 is 14.9 Å². The molecule has 9 heteroatoms. The third-order valence-electron chi connectivity index (χ3n) is 4.33. The second kappa shape index (κ2) is 8.00. The van der Waals surface area contributed by atoms with E-state index in [-0.39, 0.29) is 16.6 Å². The molecule has 1 fully saturated rings. The predicted octanol–water partition coefficient (Wildman–Crippen LogP) is 3.40. The van der Waals surface area contributed by atoms with E-state index in [1.54, 1.807) is 36.4 Å². The van der Waals surface area contributed by atoms with Gasteiger partial charge in [-0.1, -0.05) is 17.8 Å². The van der Waals surface area contributed by atoms with Gasteiger partial charge in [0, 0.05) is 0 Å². The van der Waals surface area contributed by atoms with E-state index in [1.807, 2.05) is 27.7 Å². The fourth-order valence-corrected chi connectivity index (χ4v) is 4.28. The van der Waals surface area contributed by atoms with Crippen molar-refractivity contribution in [2.75, 3.05) is 0 Å². The molecule has 0 unspecified atom stereocenters. The highest BCUT2D eigenvalue weighted by atomic mass is 32.2. The van der Waals surface area contributed by atoms with Gasteiger partial charge in [0.05, 0.1) is 11.0 Å². The van der Waals surface area contributed by atoms with Crippen molar-refractivity contribution in [1.29, 1.82) is 0 Å². The summed E-state index contributed by atoms with van der Waals surface area (Å²) in [5.74, 6) is 0.0926. The predicted molar refractivity (Wildman–Crippen MR) is 115 cm³/mol. The van der Waals surface area contributed by atoms with Gasteiger partial charge >= 0.3 is 10.1 Å². The topological polar surface area (TPSA) is 97.2 Å². The zero-order valence-electron chi connectivity index (χ0n) is 16.5. The average Bonchev–Trinajstić information content (AvgIpc) is 2.90. The summed E-state index contributed by atoms with van der Waals surface area (Å²) in [5, 5.41) is 11.1. The smallest absolute Gasteiger partial charge is 0.339 e. The van der Waals surface area contributed by atoms with Crippen molar-refractivity contribution in [3.63, 3.8) is 0 Å². The Morgan fingerprint density at radius 1 is 1.07 bits per heavy atom. The molecule has 1 aliphatic rings. The van der Waals surface area contributed by atoms with Crippen molar-refractivity contribution in [2.24, 2.45) is 10.2 Å². The van der Waals surface area contributed by atoms with Gasteiger partial charge in [-0.15, -0.1) is 5.10 Å². The molecule has 1 amide bonds. The largest absolute Gasteiger partial charge is 0.379 e. The van der Waals surface area contributed by atoms with E-state index in [0.717, 1.165) is 11.1 Å². The number of amides is 1. The first-order valence-corrected chi connectivity index (χ1v) is 11.0. The van der Waals surface area contributed by atoms with Crippen LogP contribution < -0.4 is 9.50 Å². The minimum atomic E-state index is -3.91. The van der Waals surface area contributed by atoms with Gasteiger partial charge in [0.15, 0.2) is 5.17 Å². The summed E-state index contributed by atoms with van der Waals surface area (Å²) in [5.41, 5.74) is 2.59. The number of aryl methyl sites for hydroxylation is 2. The van der Waals surface area contributed by atoms with Crippen molar-refractivity contribution in [1.82, 2.24) is 5.32 Å². The van der Waals surface area contributed by atoms with Crippen LogP contribution in [0, 0.1) is 13.8 Å². The number of thioether (sulfide) groups is 1. The monoisotopic (exact) mass is 431 g/mol. The Bertz CT molecular complexity index is 1110. The maximum atomic E-state index is 12.4. The Hall–Kier alpha value is -2.65. The second-order valence-corrected chi connectivity index (χ2v) is 10.2. The SMILES string of the molecule is Cc1ccc(S(=O)(=O)Oc2ccc(/C=N\N=C3\NC(=O)C(C)(C)S3)cc2)cc1C. The Labute approximate surface area is 174 Å². The molecule has 1 aliphatic heterocycles. The van der Waals surface area contributed by atoms with E-state index >= 15 is 0 Å². The number of nitrogens with one attached hydrogen (secondary N) is 1. The number of rotatable bonds is 5. The highest BCUT2D eigenvalue weighted by Gasteiger charge is 2.38. The molecule has 29 heavy (non-hydrogen) atoms. The molecule has 1 saturated heterocycles.